The van der Waals surface area contributed by atoms with Crippen molar-refractivity contribution in [1.29, 1.82) is 0 Å². The summed E-state index contributed by atoms with van der Waals surface area (Å²) in [5, 5.41) is 19.1. The van der Waals surface area contributed by atoms with Crippen molar-refractivity contribution in [3.05, 3.63) is 29.3 Å². The van der Waals surface area contributed by atoms with Gasteiger partial charge in [0.1, 0.15) is 18.5 Å². The predicted molar refractivity (Wildman–Crippen MR) is 102 cm³/mol. The minimum atomic E-state index is -0.481. The molecule has 0 bridgehead atoms. The Balaban J connectivity index is 0.00000264. The number of benzene rings is 1. The van der Waals surface area contributed by atoms with E-state index in [9.17, 15) is 5.11 Å². The number of rotatable bonds is 7. The van der Waals surface area contributed by atoms with Crippen LogP contribution in [0.5, 0.6) is 5.75 Å². The first-order valence-electron chi connectivity index (χ1n) is 8.02. The van der Waals surface area contributed by atoms with Crippen LogP contribution in [0.2, 0.25) is 0 Å². The molecular weight excluding hydrogens is 351 g/mol. The van der Waals surface area contributed by atoms with Gasteiger partial charge in [0.2, 0.25) is 0 Å². The number of halogens is 2. The lowest BCUT2D eigenvalue weighted by molar-refractivity contribution is 0.0427. The van der Waals surface area contributed by atoms with Crippen molar-refractivity contribution in [2.24, 2.45) is 0 Å². The molecule has 140 valence electrons. The number of aliphatic hydroxyl groups excluding tert-OH is 2. The molecule has 1 aliphatic rings. The highest BCUT2D eigenvalue weighted by atomic mass is 35.5. The third-order valence-electron chi connectivity index (χ3n) is 4.11. The predicted octanol–water partition coefficient (Wildman–Crippen LogP) is 1.50. The summed E-state index contributed by atoms with van der Waals surface area (Å²) in [4.78, 5) is 4.50. The second kappa shape index (κ2) is 11.9. The summed E-state index contributed by atoms with van der Waals surface area (Å²) in [5.74, 6) is 0.845. The Labute approximate surface area is 157 Å². The van der Waals surface area contributed by atoms with Gasteiger partial charge in [0.15, 0.2) is 0 Å². The van der Waals surface area contributed by atoms with Crippen LogP contribution in [0.1, 0.15) is 11.1 Å². The van der Waals surface area contributed by atoms with Crippen LogP contribution in [-0.2, 0) is 0 Å². The maximum absolute atomic E-state index is 10.2. The zero-order valence-electron chi connectivity index (χ0n) is 14.5. The van der Waals surface area contributed by atoms with E-state index in [-0.39, 0.29) is 31.4 Å². The van der Waals surface area contributed by atoms with Gasteiger partial charge < -0.3 is 14.9 Å². The molecule has 24 heavy (non-hydrogen) atoms. The van der Waals surface area contributed by atoms with E-state index in [0.29, 0.717) is 13.2 Å². The van der Waals surface area contributed by atoms with Gasteiger partial charge in [-0.15, -0.1) is 24.8 Å². The molecule has 5 nitrogen and oxygen atoms in total. The lowest BCUT2D eigenvalue weighted by Crippen LogP contribution is -2.49. The van der Waals surface area contributed by atoms with Crippen molar-refractivity contribution in [3.63, 3.8) is 0 Å². The van der Waals surface area contributed by atoms with E-state index in [2.05, 4.69) is 22.8 Å². The Hall–Kier alpha value is -0.560. The molecule has 7 heteroatoms. The van der Waals surface area contributed by atoms with Gasteiger partial charge in [-0.25, -0.2) is 0 Å². The largest absolute Gasteiger partial charge is 0.491 e. The molecule has 1 saturated heterocycles. The fourth-order valence-corrected chi connectivity index (χ4v) is 2.83. The average Bonchev–Trinajstić information content (AvgIpc) is 2.49. The highest BCUT2D eigenvalue weighted by Gasteiger charge is 2.19. The van der Waals surface area contributed by atoms with Gasteiger partial charge in [-0.05, 0) is 25.5 Å². The maximum Gasteiger partial charge on any atom is 0.122 e. The minimum Gasteiger partial charge on any atom is -0.491 e. The highest BCUT2D eigenvalue weighted by molar-refractivity contribution is 5.85. The third kappa shape index (κ3) is 7.55. The summed E-state index contributed by atoms with van der Waals surface area (Å²) < 4.78 is 5.73. The highest BCUT2D eigenvalue weighted by Crippen LogP contribution is 2.18. The van der Waals surface area contributed by atoms with Crippen LogP contribution in [0, 0.1) is 13.8 Å². The van der Waals surface area contributed by atoms with Gasteiger partial charge in [-0.3, -0.25) is 9.80 Å². The Morgan fingerprint density at radius 1 is 1.08 bits per heavy atom. The molecular formula is C17H30Cl2N2O3. The Bertz CT molecular complexity index is 469. The molecule has 1 heterocycles. The number of nitrogens with zero attached hydrogens (tertiary/aromatic N) is 2. The van der Waals surface area contributed by atoms with Crippen LogP contribution in [0.3, 0.4) is 0 Å². The van der Waals surface area contributed by atoms with E-state index in [1.54, 1.807) is 0 Å². The van der Waals surface area contributed by atoms with Gasteiger partial charge in [-0.1, -0.05) is 17.7 Å². The lowest BCUT2D eigenvalue weighted by atomic mass is 10.1. The maximum atomic E-state index is 10.2. The monoisotopic (exact) mass is 380 g/mol. The van der Waals surface area contributed by atoms with Crippen molar-refractivity contribution in [2.75, 3.05) is 52.5 Å². The second-order valence-electron chi connectivity index (χ2n) is 6.10. The van der Waals surface area contributed by atoms with Gasteiger partial charge in [-0.2, -0.15) is 0 Å². The van der Waals surface area contributed by atoms with Crippen molar-refractivity contribution >= 4 is 24.8 Å². The SMILES string of the molecule is Cc1ccc(OCC(O)CN2CCN(CCO)CC2)c(C)c1.Cl.Cl. The lowest BCUT2D eigenvalue weighted by Gasteiger charge is -2.35. The van der Waals surface area contributed by atoms with Crippen LogP contribution in [0.15, 0.2) is 18.2 Å². The van der Waals surface area contributed by atoms with E-state index in [1.807, 2.05) is 19.1 Å². The smallest absolute Gasteiger partial charge is 0.122 e. The Morgan fingerprint density at radius 3 is 2.29 bits per heavy atom. The van der Waals surface area contributed by atoms with Gasteiger partial charge in [0.05, 0.1) is 6.61 Å². The molecule has 1 atom stereocenters. The van der Waals surface area contributed by atoms with Crippen molar-refractivity contribution in [3.8, 4) is 5.75 Å². The molecule has 1 aromatic carbocycles. The molecule has 2 N–H and O–H groups in total. The van der Waals surface area contributed by atoms with Crippen molar-refractivity contribution in [2.45, 2.75) is 20.0 Å². The van der Waals surface area contributed by atoms with Crippen LogP contribution in [-0.4, -0.2) is 78.6 Å². The summed E-state index contributed by atoms with van der Waals surface area (Å²) in [6, 6.07) is 6.07. The number of aryl methyl sites for hydroxylation is 2. The van der Waals surface area contributed by atoms with E-state index in [1.165, 1.54) is 5.56 Å². The van der Waals surface area contributed by atoms with Gasteiger partial charge >= 0.3 is 0 Å². The van der Waals surface area contributed by atoms with Crippen molar-refractivity contribution in [1.82, 2.24) is 9.80 Å². The van der Waals surface area contributed by atoms with E-state index in [4.69, 9.17) is 9.84 Å². The van der Waals surface area contributed by atoms with Crippen LogP contribution < -0.4 is 4.74 Å². The molecule has 1 aromatic rings. The first kappa shape index (κ1) is 23.4. The normalized spacial score (nSPS) is 16.8. The minimum absolute atomic E-state index is 0. The Morgan fingerprint density at radius 2 is 1.71 bits per heavy atom. The van der Waals surface area contributed by atoms with Crippen molar-refractivity contribution < 1.29 is 14.9 Å². The summed E-state index contributed by atoms with van der Waals surface area (Å²) in [6.45, 7) is 9.76. The summed E-state index contributed by atoms with van der Waals surface area (Å²) in [6.07, 6.45) is -0.481. The second-order valence-corrected chi connectivity index (χ2v) is 6.10. The molecule has 0 aliphatic carbocycles. The molecule has 1 aliphatic heterocycles. The number of hydrogen-bond acceptors (Lipinski definition) is 5. The summed E-state index contributed by atoms with van der Waals surface area (Å²) in [5.41, 5.74) is 2.32. The molecule has 1 unspecified atom stereocenters. The van der Waals surface area contributed by atoms with Crippen LogP contribution in [0.25, 0.3) is 0 Å². The first-order chi connectivity index (χ1) is 10.6. The van der Waals surface area contributed by atoms with Gasteiger partial charge in [0, 0.05) is 39.3 Å². The van der Waals surface area contributed by atoms with Gasteiger partial charge in [0.25, 0.3) is 0 Å². The van der Waals surface area contributed by atoms with E-state index < -0.39 is 6.10 Å². The molecule has 2 rings (SSSR count). The Kier molecular flexibility index (Phi) is 11.6. The molecule has 1 fully saturated rings. The standard InChI is InChI=1S/C17H28N2O3.2ClH/c1-14-3-4-17(15(2)11-14)22-13-16(21)12-19-7-5-18(6-8-19)9-10-20;;/h3-4,11,16,20-21H,5-10,12-13H2,1-2H3;2*1H. The molecule has 0 spiro atoms. The molecule has 0 radical (unpaired) electrons. The fraction of sp³-hybridized carbons (Fsp3) is 0.647. The number of piperazine rings is 1. The van der Waals surface area contributed by atoms with Crippen LogP contribution in [0.4, 0.5) is 0 Å². The first-order valence-corrected chi connectivity index (χ1v) is 8.02. The molecule has 0 aromatic heterocycles. The fourth-order valence-electron chi connectivity index (χ4n) is 2.83. The topological polar surface area (TPSA) is 56.2 Å². The average molecular weight is 381 g/mol. The number of β-amino-alcohol motifs (C(OH)–C–C–N with tert-alkyl or cyclic N) is 2. The zero-order valence-corrected chi connectivity index (χ0v) is 16.1. The summed E-state index contributed by atoms with van der Waals surface area (Å²) >= 11 is 0. The van der Waals surface area contributed by atoms with E-state index in [0.717, 1.165) is 44.0 Å². The molecule has 0 amide bonds. The number of hydrogen-bond donors (Lipinski definition) is 2. The molecule has 0 saturated carbocycles. The number of ether oxygens (including phenoxy) is 1. The summed E-state index contributed by atoms with van der Waals surface area (Å²) in [7, 11) is 0. The third-order valence-corrected chi connectivity index (χ3v) is 4.11. The number of aliphatic hydroxyl groups is 2. The zero-order chi connectivity index (χ0) is 15.9. The van der Waals surface area contributed by atoms with Crippen LogP contribution >= 0.6 is 24.8 Å². The van der Waals surface area contributed by atoms with E-state index >= 15 is 0 Å². The quantitative estimate of drug-likeness (QED) is 0.750.